The van der Waals surface area contributed by atoms with Crippen LogP contribution in [0.2, 0.25) is 0 Å². The van der Waals surface area contributed by atoms with E-state index in [0.717, 1.165) is 63.0 Å². The number of carboxylic acids is 1. The lowest BCUT2D eigenvalue weighted by Crippen LogP contribution is -2.46. The van der Waals surface area contributed by atoms with Crippen molar-refractivity contribution < 1.29 is 19.5 Å². The van der Waals surface area contributed by atoms with Crippen LogP contribution < -0.4 is 4.90 Å². The molecule has 2 amide bonds. The molecule has 1 aliphatic heterocycles. The van der Waals surface area contributed by atoms with Gasteiger partial charge in [0.25, 0.3) is 0 Å². The number of likely N-dealkylation sites (tertiary alicyclic amines) is 1. The van der Waals surface area contributed by atoms with Gasteiger partial charge in [-0.3, -0.25) is 9.59 Å². The Balaban J connectivity index is 1.97. The molecule has 0 aromatic carbocycles. The first-order chi connectivity index (χ1) is 16.0. The standard InChI is InChI=1S/C27H38N2O4S/c1-18-8-10-20(11-9-18)25(31)29(19(2)16-23(30)28-14-6-7-15-28)22-17-21(12-13-27(3,4)5)34-24(22)26(32)33/h17-20H,6-11,14-16H2,1-5H3,(H,32,33)/t18-,19?,20-. The van der Waals surface area contributed by atoms with E-state index < -0.39 is 12.0 Å². The van der Waals surface area contributed by atoms with Gasteiger partial charge < -0.3 is 14.9 Å². The topological polar surface area (TPSA) is 77.9 Å². The van der Waals surface area contributed by atoms with Crippen molar-refractivity contribution in [1.29, 1.82) is 0 Å². The highest BCUT2D eigenvalue weighted by Crippen LogP contribution is 2.37. The second kappa shape index (κ2) is 10.9. The lowest BCUT2D eigenvalue weighted by atomic mass is 9.82. The van der Waals surface area contributed by atoms with Crippen molar-refractivity contribution in [3.63, 3.8) is 0 Å². The molecule has 0 spiro atoms. The van der Waals surface area contributed by atoms with Crippen molar-refractivity contribution in [3.8, 4) is 11.8 Å². The molecule has 186 valence electrons. The highest BCUT2D eigenvalue weighted by Gasteiger charge is 2.35. The van der Waals surface area contributed by atoms with E-state index in [4.69, 9.17) is 0 Å². The third-order valence-electron chi connectivity index (χ3n) is 6.70. The van der Waals surface area contributed by atoms with Crippen LogP contribution in [0.5, 0.6) is 0 Å². The molecule has 6 nitrogen and oxygen atoms in total. The summed E-state index contributed by atoms with van der Waals surface area (Å²) in [6.45, 7) is 11.6. The number of rotatable bonds is 6. The number of carbonyl (C=O) groups excluding carboxylic acids is 2. The van der Waals surface area contributed by atoms with Crippen molar-refractivity contribution in [1.82, 2.24) is 4.90 Å². The van der Waals surface area contributed by atoms with Gasteiger partial charge in [-0.05, 0) is 78.2 Å². The number of hydrogen-bond acceptors (Lipinski definition) is 4. The van der Waals surface area contributed by atoms with Crippen LogP contribution in [0.1, 0.15) is 94.1 Å². The fourth-order valence-electron chi connectivity index (χ4n) is 4.74. The molecule has 1 saturated heterocycles. The summed E-state index contributed by atoms with van der Waals surface area (Å²) in [6, 6.07) is 1.30. The summed E-state index contributed by atoms with van der Waals surface area (Å²) in [5, 5.41) is 9.97. The highest BCUT2D eigenvalue weighted by molar-refractivity contribution is 7.15. The predicted molar refractivity (Wildman–Crippen MR) is 136 cm³/mol. The molecular weight excluding hydrogens is 448 g/mol. The second-order valence-corrected chi connectivity index (χ2v) is 12.0. The maximum absolute atomic E-state index is 13.8. The van der Waals surface area contributed by atoms with Crippen LogP contribution in [0.4, 0.5) is 5.69 Å². The monoisotopic (exact) mass is 486 g/mol. The number of anilines is 1. The molecule has 1 aromatic rings. The first kappa shape index (κ1) is 26.3. The Bertz CT molecular complexity index is 967. The van der Waals surface area contributed by atoms with Gasteiger partial charge >= 0.3 is 5.97 Å². The molecule has 1 N–H and O–H groups in total. The Morgan fingerprint density at radius 2 is 1.79 bits per heavy atom. The smallest absolute Gasteiger partial charge is 0.348 e. The van der Waals surface area contributed by atoms with E-state index in [1.165, 1.54) is 0 Å². The zero-order chi connectivity index (χ0) is 25.0. The number of thiophene rings is 1. The quantitative estimate of drug-likeness (QED) is 0.546. The van der Waals surface area contributed by atoms with E-state index in [2.05, 4.69) is 18.8 Å². The minimum absolute atomic E-state index is 0.0277. The van der Waals surface area contributed by atoms with Gasteiger partial charge in [-0.2, -0.15) is 0 Å². The Morgan fingerprint density at radius 3 is 2.35 bits per heavy atom. The number of aromatic carboxylic acids is 1. The molecule has 2 heterocycles. The molecule has 0 bridgehead atoms. The number of hydrogen-bond donors (Lipinski definition) is 1. The fraction of sp³-hybridized carbons (Fsp3) is 0.667. The molecular formula is C27H38N2O4S. The molecule has 1 aliphatic carbocycles. The van der Waals surface area contributed by atoms with Crippen LogP contribution in [-0.4, -0.2) is 46.9 Å². The Kier molecular flexibility index (Phi) is 8.46. The maximum atomic E-state index is 13.8. The summed E-state index contributed by atoms with van der Waals surface area (Å²) in [5.41, 5.74) is 0.151. The molecule has 1 unspecified atom stereocenters. The summed E-state index contributed by atoms with van der Waals surface area (Å²) in [6.07, 6.45) is 5.77. The largest absolute Gasteiger partial charge is 0.477 e. The van der Waals surface area contributed by atoms with Crippen LogP contribution in [0.15, 0.2) is 6.07 Å². The average molecular weight is 487 g/mol. The predicted octanol–water partition coefficient (Wildman–Crippen LogP) is 5.40. The first-order valence-electron chi connectivity index (χ1n) is 12.5. The number of nitrogens with zero attached hydrogens (tertiary/aromatic N) is 2. The molecule has 1 atom stereocenters. The average Bonchev–Trinajstić information content (AvgIpc) is 3.43. The van der Waals surface area contributed by atoms with Crippen molar-refractivity contribution in [2.75, 3.05) is 18.0 Å². The lowest BCUT2D eigenvalue weighted by molar-refractivity contribution is -0.130. The molecule has 1 aromatic heterocycles. The fourth-order valence-corrected chi connectivity index (χ4v) is 5.58. The van der Waals surface area contributed by atoms with Gasteiger partial charge in [0.15, 0.2) is 0 Å². The highest BCUT2D eigenvalue weighted by atomic mass is 32.1. The lowest BCUT2D eigenvalue weighted by Gasteiger charge is -2.35. The Hall–Kier alpha value is -2.33. The minimum atomic E-state index is -1.07. The van der Waals surface area contributed by atoms with Crippen molar-refractivity contribution in [2.45, 2.75) is 85.6 Å². The Labute approximate surface area is 207 Å². The number of carboxylic acid groups (broad SMARTS) is 1. The van der Waals surface area contributed by atoms with Crippen molar-refractivity contribution in [2.24, 2.45) is 17.3 Å². The zero-order valence-corrected chi connectivity index (χ0v) is 22.0. The molecule has 34 heavy (non-hydrogen) atoms. The number of amides is 2. The van der Waals surface area contributed by atoms with Crippen LogP contribution in [0.25, 0.3) is 0 Å². The maximum Gasteiger partial charge on any atom is 0.348 e. The van der Waals surface area contributed by atoms with E-state index in [1.54, 1.807) is 11.0 Å². The van der Waals surface area contributed by atoms with E-state index in [9.17, 15) is 19.5 Å². The minimum Gasteiger partial charge on any atom is -0.477 e. The first-order valence-corrected chi connectivity index (χ1v) is 13.3. The zero-order valence-electron chi connectivity index (χ0n) is 21.1. The summed E-state index contributed by atoms with van der Waals surface area (Å²) in [4.78, 5) is 43.1. The molecule has 1 saturated carbocycles. The summed E-state index contributed by atoms with van der Waals surface area (Å²) < 4.78 is 0. The van der Waals surface area contributed by atoms with Gasteiger partial charge in [-0.1, -0.05) is 18.8 Å². The van der Waals surface area contributed by atoms with Crippen LogP contribution in [0, 0.1) is 29.1 Å². The van der Waals surface area contributed by atoms with Gasteiger partial charge in [0.05, 0.1) is 10.6 Å². The van der Waals surface area contributed by atoms with Crippen molar-refractivity contribution in [3.05, 3.63) is 15.8 Å². The van der Waals surface area contributed by atoms with Gasteiger partial charge in [-0.15, -0.1) is 11.3 Å². The van der Waals surface area contributed by atoms with Gasteiger partial charge in [-0.25, -0.2) is 4.79 Å². The van der Waals surface area contributed by atoms with E-state index in [1.807, 2.05) is 32.6 Å². The molecule has 7 heteroatoms. The van der Waals surface area contributed by atoms with Gasteiger partial charge in [0.2, 0.25) is 11.8 Å². The summed E-state index contributed by atoms with van der Waals surface area (Å²) in [7, 11) is 0. The normalized spacial score (nSPS) is 21.5. The summed E-state index contributed by atoms with van der Waals surface area (Å²) >= 11 is 1.10. The third kappa shape index (κ3) is 6.63. The van der Waals surface area contributed by atoms with Gasteiger partial charge in [0.1, 0.15) is 4.88 Å². The van der Waals surface area contributed by atoms with E-state index in [0.29, 0.717) is 16.5 Å². The molecule has 2 fully saturated rings. The number of carbonyl (C=O) groups is 3. The molecule has 2 aliphatic rings. The SMILES string of the molecule is CC(CC(=O)N1CCCC1)N(c1cc(C#CC(C)(C)C)sc1C(=O)O)C(=O)[C@H]1CC[C@H](C)CC1. The Morgan fingerprint density at radius 1 is 1.18 bits per heavy atom. The molecule has 3 rings (SSSR count). The third-order valence-corrected chi connectivity index (χ3v) is 7.73. The van der Waals surface area contributed by atoms with E-state index >= 15 is 0 Å². The van der Waals surface area contributed by atoms with E-state index in [-0.39, 0.29) is 34.4 Å². The van der Waals surface area contributed by atoms with Gasteiger partial charge in [0, 0.05) is 36.9 Å². The van der Waals surface area contributed by atoms with Crippen molar-refractivity contribution >= 4 is 34.8 Å². The van der Waals surface area contributed by atoms with Crippen LogP contribution in [-0.2, 0) is 9.59 Å². The summed E-state index contributed by atoms with van der Waals surface area (Å²) in [5.74, 6) is 5.59. The van der Waals surface area contributed by atoms with Crippen LogP contribution >= 0.6 is 11.3 Å². The molecule has 0 radical (unpaired) electrons. The second-order valence-electron chi connectivity index (χ2n) is 10.9. The van der Waals surface area contributed by atoms with Crippen LogP contribution in [0.3, 0.4) is 0 Å².